The second-order valence-electron chi connectivity index (χ2n) is 8.18. The van der Waals surface area contributed by atoms with Crippen molar-refractivity contribution in [2.75, 3.05) is 7.11 Å². The van der Waals surface area contributed by atoms with Crippen LogP contribution in [-0.2, 0) is 9.59 Å². The van der Waals surface area contributed by atoms with Gasteiger partial charge in [-0.05, 0) is 80.0 Å². The van der Waals surface area contributed by atoms with Gasteiger partial charge in [-0.25, -0.2) is 0 Å². The summed E-state index contributed by atoms with van der Waals surface area (Å²) in [6, 6.07) is 6.70. The van der Waals surface area contributed by atoms with Crippen LogP contribution in [0.25, 0.3) is 0 Å². The number of hydrogen-bond acceptors (Lipinski definition) is 4. The zero-order valence-electron chi connectivity index (χ0n) is 15.1. The van der Waals surface area contributed by atoms with Crippen molar-refractivity contribution in [3.63, 3.8) is 0 Å². The molecule has 0 aliphatic heterocycles. The Morgan fingerprint density at radius 3 is 2.08 bits per heavy atom. The Hall–Kier alpha value is -2.17. The number of carbonyl (C=O) groups excluding carboxylic acids is 3. The highest BCUT2D eigenvalue weighted by atomic mass is 16.5. The van der Waals surface area contributed by atoms with E-state index in [1.54, 1.807) is 31.4 Å². The van der Waals surface area contributed by atoms with Crippen LogP contribution in [0.1, 0.15) is 48.9 Å². The average Bonchev–Trinajstić information content (AvgIpc) is 2.63. The minimum atomic E-state index is -0.639. The first-order valence-corrected chi connectivity index (χ1v) is 9.54. The summed E-state index contributed by atoms with van der Waals surface area (Å²) < 4.78 is 5.06. The minimum Gasteiger partial charge on any atom is -0.497 e. The van der Waals surface area contributed by atoms with Gasteiger partial charge in [0.2, 0.25) is 5.78 Å². The van der Waals surface area contributed by atoms with Gasteiger partial charge in [0, 0.05) is 11.6 Å². The molecule has 5 heteroatoms. The van der Waals surface area contributed by atoms with Crippen LogP contribution >= 0.6 is 0 Å². The first-order chi connectivity index (χ1) is 12.5. The number of rotatable bonds is 6. The molecular formula is C21H25NO4. The van der Waals surface area contributed by atoms with Gasteiger partial charge >= 0.3 is 0 Å². The van der Waals surface area contributed by atoms with Crippen molar-refractivity contribution in [2.45, 2.75) is 44.6 Å². The molecule has 0 radical (unpaired) electrons. The third-order valence-corrected chi connectivity index (χ3v) is 6.51. The lowest BCUT2D eigenvalue weighted by Gasteiger charge is -2.54. The van der Waals surface area contributed by atoms with Crippen molar-refractivity contribution in [1.29, 1.82) is 0 Å². The molecule has 4 bridgehead atoms. The molecule has 4 fully saturated rings. The average molecular weight is 355 g/mol. The van der Waals surface area contributed by atoms with Crippen LogP contribution in [0.3, 0.4) is 0 Å². The maximum absolute atomic E-state index is 12.4. The van der Waals surface area contributed by atoms with Gasteiger partial charge in [0.25, 0.3) is 5.91 Å². The lowest BCUT2D eigenvalue weighted by molar-refractivity contribution is -0.139. The zero-order chi connectivity index (χ0) is 18.3. The predicted octanol–water partition coefficient (Wildman–Crippen LogP) is 2.78. The fraction of sp³-hybridized carbons (Fsp3) is 0.571. The van der Waals surface area contributed by atoms with Gasteiger partial charge in [0.15, 0.2) is 5.78 Å². The van der Waals surface area contributed by atoms with Gasteiger partial charge in [-0.3, -0.25) is 14.4 Å². The lowest BCUT2D eigenvalue weighted by Crippen LogP contribution is -2.56. The van der Waals surface area contributed by atoms with Crippen molar-refractivity contribution in [2.24, 2.45) is 23.7 Å². The number of ketones is 2. The Labute approximate surface area is 153 Å². The van der Waals surface area contributed by atoms with Crippen LogP contribution in [0.5, 0.6) is 5.75 Å². The van der Waals surface area contributed by atoms with Gasteiger partial charge in [-0.1, -0.05) is 0 Å². The number of nitrogens with one attached hydrogen (secondary N) is 1. The number of ether oxygens (including phenoxy) is 1. The second-order valence-corrected chi connectivity index (χ2v) is 8.18. The van der Waals surface area contributed by atoms with Gasteiger partial charge in [0.1, 0.15) is 5.75 Å². The number of amides is 1. The summed E-state index contributed by atoms with van der Waals surface area (Å²) in [6.07, 6.45) is 5.68. The first-order valence-electron chi connectivity index (χ1n) is 9.54. The summed E-state index contributed by atoms with van der Waals surface area (Å²) in [6.45, 7) is 0. The maximum Gasteiger partial charge on any atom is 0.288 e. The van der Waals surface area contributed by atoms with Crippen molar-refractivity contribution in [3.8, 4) is 5.75 Å². The third-order valence-electron chi connectivity index (χ3n) is 6.51. The Balaban J connectivity index is 1.34. The van der Waals surface area contributed by atoms with Crippen LogP contribution in [-0.4, -0.2) is 30.6 Å². The number of benzene rings is 1. The van der Waals surface area contributed by atoms with Crippen molar-refractivity contribution < 1.29 is 19.1 Å². The zero-order valence-corrected chi connectivity index (χ0v) is 15.1. The summed E-state index contributed by atoms with van der Waals surface area (Å²) in [4.78, 5) is 36.9. The van der Waals surface area contributed by atoms with E-state index >= 15 is 0 Å². The minimum absolute atomic E-state index is 0.121. The molecular weight excluding hydrogens is 330 g/mol. The van der Waals surface area contributed by atoms with E-state index in [0.717, 1.165) is 11.8 Å². The van der Waals surface area contributed by atoms with E-state index in [-0.39, 0.29) is 18.2 Å². The molecule has 1 N–H and O–H groups in total. The lowest BCUT2D eigenvalue weighted by atomic mass is 9.54. The molecule has 0 atom stereocenters. The van der Waals surface area contributed by atoms with Crippen LogP contribution < -0.4 is 10.1 Å². The maximum atomic E-state index is 12.4. The van der Waals surface area contributed by atoms with E-state index in [2.05, 4.69) is 5.32 Å². The smallest absolute Gasteiger partial charge is 0.288 e. The van der Waals surface area contributed by atoms with E-state index < -0.39 is 11.7 Å². The molecule has 1 aromatic rings. The van der Waals surface area contributed by atoms with Crippen molar-refractivity contribution >= 4 is 17.5 Å². The number of Topliss-reactive ketones (excluding diaryl/α,β-unsaturated/α-hetero) is 2. The topological polar surface area (TPSA) is 72.5 Å². The summed E-state index contributed by atoms with van der Waals surface area (Å²) in [5.74, 6) is 1.74. The molecule has 4 saturated carbocycles. The van der Waals surface area contributed by atoms with Crippen LogP contribution in [0.15, 0.2) is 24.3 Å². The summed E-state index contributed by atoms with van der Waals surface area (Å²) in [7, 11) is 1.55. The largest absolute Gasteiger partial charge is 0.497 e. The Morgan fingerprint density at radius 2 is 1.54 bits per heavy atom. The second kappa shape index (κ2) is 6.86. The van der Waals surface area contributed by atoms with Gasteiger partial charge < -0.3 is 10.1 Å². The van der Waals surface area contributed by atoms with Crippen LogP contribution in [0.4, 0.5) is 0 Å². The molecule has 1 aromatic carbocycles. The molecule has 0 spiro atoms. The fourth-order valence-corrected chi connectivity index (χ4v) is 5.50. The van der Waals surface area contributed by atoms with Crippen LogP contribution in [0, 0.1) is 23.7 Å². The van der Waals surface area contributed by atoms with E-state index in [0.29, 0.717) is 23.1 Å². The van der Waals surface area contributed by atoms with Gasteiger partial charge in [-0.15, -0.1) is 0 Å². The van der Waals surface area contributed by atoms with Crippen molar-refractivity contribution in [3.05, 3.63) is 29.8 Å². The molecule has 26 heavy (non-hydrogen) atoms. The molecule has 0 unspecified atom stereocenters. The number of methoxy groups -OCH3 is 1. The predicted molar refractivity (Wildman–Crippen MR) is 95.9 cm³/mol. The third kappa shape index (κ3) is 3.27. The molecule has 5 rings (SSSR count). The van der Waals surface area contributed by atoms with E-state index in [1.807, 2.05) is 0 Å². The first kappa shape index (κ1) is 17.3. The van der Waals surface area contributed by atoms with Gasteiger partial charge in [-0.2, -0.15) is 0 Å². The Morgan fingerprint density at radius 1 is 0.962 bits per heavy atom. The highest BCUT2D eigenvalue weighted by Gasteiger charge is 2.48. The molecule has 4 aliphatic rings. The fourth-order valence-electron chi connectivity index (χ4n) is 5.50. The highest BCUT2D eigenvalue weighted by molar-refractivity contribution is 6.40. The molecule has 1 amide bonds. The van der Waals surface area contributed by atoms with E-state index in [9.17, 15) is 14.4 Å². The molecule has 4 aliphatic carbocycles. The number of hydrogen-bond donors (Lipinski definition) is 1. The Bertz CT molecular complexity index is 696. The van der Waals surface area contributed by atoms with E-state index in [1.165, 1.54) is 32.1 Å². The molecule has 0 heterocycles. The molecule has 138 valence electrons. The quantitative estimate of drug-likeness (QED) is 0.484. The standard InChI is InChI=1S/C21H25NO4/c1-26-17-4-2-14(3-5-17)18(23)11-19(24)21(25)22-20-15-7-12-6-13(9-15)10-16(20)8-12/h2-5,12-13,15-16,20H,6-11H2,1H3,(H,22,25). The van der Waals surface area contributed by atoms with Crippen molar-refractivity contribution in [1.82, 2.24) is 5.32 Å². The summed E-state index contributed by atoms with van der Waals surface area (Å²) >= 11 is 0. The summed E-state index contributed by atoms with van der Waals surface area (Å²) in [5, 5.41) is 2.98. The monoisotopic (exact) mass is 355 g/mol. The normalized spacial score (nSPS) is 31.5. The highest BCUT2D eigenvalue weighted by Crippen LogP contribution is 2.53. The summed E-state index contributed by atoms with van der Waals surface area (Å²) in [5.41, 5.74) is 0.418. The Kier molecular flexibility index (Phi) is 4.55. The molecule has 0 saturated heterocycles. The molecule has 0 aromatic heterocycles. The number of carbonyl (C=O) groups is 3. The van der Waals surface area contributed by atoms with Crippen LogP contribution in [0.2, 0.25) is 0 Å². The molecule has 5 nitrogen and oxygen atoms in total. The SMILES string of the molecule is COc1ccc(C(=O)CC(=O)C(=O)NC2C3CC4CC(C3)CC2C4)cc1. The van der Waals surface area contributed by atoms with E-state index in [4.69, 9.17) is 4.74 Å². The van der Waals surface area contributed by atoms with Gasteiger partial charge in [0.05, 0.1) is 13.5 Å².